The number of nitrogens with one attached hydrogen (secondary N) is 1. The monoisotopic (exact) mass is 521 g/mol. The molecule has 0 aliphatic rings. The molecule has 192 valence electrons. The second-order valence-corrected chi connectivity index (χ2v) is 11.4. The van der Waals surface area contributed by atoms with Crippen LogP contribution in [0, 0.1) is 0 Å². The number of ether oxygens (including phenoxy) is 2. The van der Waals surface area contributed by atoms with Crippen LogP contribution >= 0.6 is 0 Å². The van der Waals surface area contributed by atoms with Crippen molar-refractivity contribution in [2.24, 2.45) is 0 Å². The Bertz CT molecular complexity index is 1330. The minimum atomic E-state index is -4.85. The number of rotatable bonds is 7. The molecule has 6 nitrogen and oxygen atoms in total. The normalized spacial score (nSPS) is 13.1. The van der Waals surface area contributed by atoms with Crippen LogP contribution in [0.3, 0.4) is 0 Å². The zero-order valence-electron chi connectivity index (χ0n) is 20.1. The number of amides is 1. The molecule has 0 aliphatic carbocycles. The van der Waals surface area contributed by atoms with Crippen molar-refractivity contribution in [2.75, 3.05) is 0 Å². The van der Waals surface area contributed by atoms with Gasteiger partial charge in [-0.1, -0.05) is 30.3 Å². The summed E-state index contributed by atoms with van der Waals surface area (Å²) >= 11 is 0. The maximum atomic E-state index is 13.8. The summed E-state index contributed by atoms with van der Waals surface area (Å²) in [5, 5.41) is 0. The lowest BCUT2D eigenvalue weighted by atomic mass is 10.1. The zero-order valence-corrected chi connectivity index (χ0v) is 20.9. The fourth-order valence-corrected chi connectivity index (χ4v) is 3.71. The molecule has 0 aliphatic heterocycles. The van der Waals surface area contributed by atoms with Crippen LogP contribution in [0.5, 0.6) is 17.2 Å². The Morgan fingerprint density at radius 3 is 2.14 bits per heavy atom. The Morgan fingerprint density at radius 1 is 0.889 bits per heavy atom. The third-order valence-corrected chi connectivity index (χ3v) is 7.26. The van der Waals surface area contributed by atoms with E-state index in [-0.39, 0.29) is 0 Å². The minimum Gasteiger partial charge on any atom is -0.485 e. The first kappa shape index (κ1) is 27.1. The van der Waals surface area contributed by atoms with Gasteiger partial charge in [0.2, 0.25) is 10.0 Å². The molecule has 0 radical (unpaired) electrons. The SMILES string of the molecule is C[C@@H](Oc1ccc(C(=O)NS(=O)(=O)C(C)(C)C)cc1C(F)(F)F)c1cccc(Oc2ccccc2)c1. The Balaban J connectivity index is 1.85. The lowest BCUT2D eigenvalue weighted by Gasteiger charge is -2.21. The standard InChI is InChI=1S/C26H26F3NO5S/c1-17(18-9-8-12-21(15-18)35-20-10-6-5-7-11-20)34-23-14-13-19(16-22(23)26(27,28)29)24(31)30-36(32,33)25(2,3)4/h5-17H,1-4H3,(H,30,31)/t17-/m1/s1. The van der Waals surface area contributed by atoms with Gasteiger partial charge in [-0.15, -0.1) is 0 Å². The number of para-hydroxylation sites is 1. The van der Waals surface area contributed by atoms with Crippen molar-refractivity contribution in [3.8, 4) is 17.2 Å². The van der Waals surface area contributed by atoms with Crippen molar-refractivity contribution in [1.82, 2.24) is 4.72 Å². The summed E-state index contributed by atoms with van der Waals surface area (Å²) in [4.78, 5) is 12.4. The number of hydrogen-bond acceptors (Lipinski definition) is 5. The molecule has 0 saturated carbocycles. The summed E-state index contributed by atoms with van der Waals surface area (Å²) in [5.74, 6) is -0.581. The fraction of sp³-hybridized carbons (Fsp3) is 0.269. The second-order valence-electron chi connectivity index (χ2n) is 9.00. The van der Waals surface area contributed by atoms with E-state index in [0.29, 0.717) is 23.1 Å². The lowest BCUT2D eigenvalue weighted by molar-refractivity contribution is -0.139. The van der Waals surface area contributed by atoms with E-state index in [2.05, 4.69) is 0 Å². The Kier molecular flexibility index (Phi) is 7.68. The summed E-state index contributed by atoms with van der Waals surface area (Å²) in [6, 6.07) is 18.4. The number of hydrogen-bond donors (Lipinski definition) is 1. The molecule has 0 spiro atoms. The Morgan fingerprint density at radius 2 is 1.53 bits per heavy atom. The van der Waals surface area contributed by atoms with Gasteiger partial charge in [-0.3, -0.25) is 4.79 Å². The maximum absolute atomic E-state index is 13.8. The molecule has 0 unspecified atom stereocenters. The molecule has 0 bridgehead atoms. The topological polar surface area (TPSA) is 81.7 Å². The van der Waals surface area contributed by atoms with Crippen LogP contribution in [-0.2, 0) is 16.2 Å². The summed E-state index contributed by atoms with van der Waals surface area (Å²) in [6.07, 6.45) is -5.65. The first-order valence-electron chi connectivity index (χ1n) is 10.9. The molecule has 0 fully saturated rings. The molecule has 10 heteroatoms. The van der Waals surface area contributed by atoms with Crippen molar-refractivity contribution in [2.45, 2.75) is 44.7 Å². The van der Waals surface area contributed by atoms with E-state index in [0.717, 1.165) is 12.1 Å². The Hall–Kier alpha value is -3.53. The van der Waals surface area contributed by atoms with Crippen molar-refractivity contribution in [3.05, 3.63) is 89.5 Å². The van der Waals surface area contributed by atoms with E-state index in [4.69, 9.17) is 9.47 Å². The molecular formula is C26H26F3NO5S. The molecule has 0 aromatic heterocycles. The number of alkyl halides is 3. The molecule has 0 heterocycles. The van der Waals surface area contributed by atoms with Crippen LogP contribution in [0.1, 0.15) is 55.3 Å². The predicted molar refractivity (Wildman–Crippen MR) is 130 cm³/mol. The zero-order chi connectivity index (χ0) is 26.7. The number of benzene rings is 3. The maximum Gasteiger partial charge on any atom is 0.419 e. The fourth-order valence-electron chi connectivity index (χ4n) is 3.04. The average molecular weight is 522 g/mol. The van der Waals surface area contributed by atoms with Gasteiger partial charge in [0.25, 0.3) is 5.91 Å². The highest BCUT2D eigenvalue weighted by Gasteiger charge is 2.37. The number of sulfonamides is 1. The van der Waals surface area contributed by atoms with Gasteiger partial charge in [-0.2, -0.15) is 13.2 Å². The van der Waals surface area contributed by atoms with Gasteiger partial charge in [0.05, 0.1) is 10.3 Å². The van der Waals surface area contributed by atoms with Gasteiger partial charge in [0, 0.05) is 5.56 Å². The van der Waals surface area contributed by atoms with Gasteiger partial charge in [-0.25, -0.2) is 13.1 Å². The predicted octanol–water partition coefficient (Wildman–Crippen LogP) is 6.50. The molecular weight excluding hydrogens is 495 g/mol. The summed E-state index contributed by atoms with van der Waals surface area (Å²) in [5.41, 5.74) is -1.10. The highest BCUT2D eigenvalue weighted by Crippen LogP contribution is 2.39. The van der Waals surface area contributed by atoms with Gasteiger partial charge >= 0.3 is 6.18 Å². The summed E-state index contributed by atoms with van der Waals surface area (Å²) in [7, 11) is -4.11. The quantitative estimate of drug-likeness (QED) is 0.384. The molecule has 36 heavy (non-hydrogen) atoms. The van der Waals surface area contributed by atoms with Crippen molar-refractivity contribution in [3.63, 3.8) is 0 Å². The molecule has 0 saturated heterocycles. The average Bonchev–Trinajstić information content (AvgIpc) is 2.78. The van der Waals surface area contributed by atoms with Crippen LogP contribution in [0.4, 0.5) is 13.2 Å². The summed E-state index contributed by atoms with van der Waals surface area (Å²) in [6.45, 7) is 5.67. The molecule has 1 atom stereocenters. The van der Waals surface area contributed by atoms with Gasteiger partial charge < -0.3 is 9.47 Å². The Labute approximate surface area is 208 Å². The number of halogens is 3. The molecule has 3 aromatic carbocycles. The van der Waals surface area contributed by atoms with Gasteiger partial charge in [0.1, 0.15) is 23.4 Å². The lowest BCUT2D eigenvalue weighted by Crippen LogP contribution is -2.42. The molecule has 3 rings (SSSR count). The highest BCUT2D eigenvalue weighted by molar-refractivity contribution is 7.91. The van der Waals surface area contributed by atoms with E-state index in [1.807, 2.05) is 22.9 Å². The first-order valence-corrected chi connectivity index (χ1v) is 12.4. The molecule has 1 N–H and O–H groups in total. The summed E-state index contributed by atoms with van der Waals surface area (Å²) < 4.78 is 77.9. The van der Waals surface area contributed by atoms with Crippen LogP contribution < -0.4 is 14.2 Å². The van der Waals surface area contributed by atoms with E-state index >= 15 is 0 Å². The first-order chi connectivity index (χ1) is 16.7. The van der Waals surface area contributed by atoms with Crippen LogP contribution in [0.25, 0.3) is 0 Å². The third kappa shape index (κ3) is 6.57. The van der Waals surface area contributed by atoms with E-state index in [1.54, 1.807) is 43.3 Å². The smallest absolute Gasteiger partial charge is 0.419 e. The van der Waals surface area contributed by atoms with Crippen LogP contribution in [0.15, 0.2) is 72.8 Å². The van der Waals surface area contributed by atoms with Crippen molar-refractivity contribution >= 4 is 15.9 Å². The van der Waals surface area contributed by atoms with E-state index < -0.39 is 49.8 Å². The molecule has 3 aromatic rings. The van der Waals surface area contributed by atoms with Crippen LogP contribution in [0.2, 0.25) is 0 Å². The second kappa shape index (κ2) is 10.2. The molecule has 1 amide bonds. The van der Waals surface area contributed by atoms with Crippen LogP contribution in [-0.4, -0.2) is 19.1 Å². The van der Waals surface area contributed by atoms with E-state index in [9.17, 15) is 26.4 Å². The third-order valence-electron chi connectivity index (χ3n) is 5.19. The minimum absolute atomic E-state index is 0.464. The van der Waals surface area contributed by atoms with Crippen molar-refractivity contribution in [1.29, 1.82) is 0 Å². The highest BCUT2D eigenvalue weighted by atomic mass is 32.2. The van der Waals surface area contributed by atoms with Gasteiger partial charge in [-0.05, 0) is 75.7 Å². The largest absolute Gasteiger partial charge is 0.485 e. The number of carbonyl (C=O) groups is 1. The van der Waals surface area contributed by atoms with E-state index in [1.165, 1.54) is 20.8 Å². The number of carbonyl (C=O) groups excluding carboxylic acids is 1. The van der Waals surface area contributed by atoms with Gasteiger partial charge in [0.15, 0.2) is 0 Å². The van der Waals surface area contributed by atoms with Crippen molar-refractivity contribution < 1.29 is 35.9 Å².